The molecule has 7 heteroatoms. The maximum absolute atomic E-state index is 12.5. The molecule has 0 saturated heterocycles. The van der Waals surface area contributed by atoms with E-state index in [4.69, 9.17) is 0 Å². The third kappa shape index (κ3) is 2.83. The van der Waals surface area contributed by atoms with Crippen LogP contribution in [0.25, 0.3) is 5.57 Å². The molecule has 0 saturated carbocycles. The number of nitro benzene ring substituents is 1. The molecule has 0 aromatic heterocycles. The Morgan fingerprint density at radius 3 is 2.32 bits per heavy atom. The smallest absolute Gasteiger partial charge is 0.269 e. The van der Waals surface area contributed by atoms with Crippen molar-refractivity contribution in [1.29, 1.82) is 0 Å². The summed E-state index contributed by atoms with van der Waals surface area (Å²) in [5, 5.41) is 10.7. The summed E-state index contributed by atoms with van der Waals surface area (Å²) in [5.74, 6) is -1.48. The molecule has 3 rings (SSSR count). The van der Waals surface area contributed by atoms with Gasteiger partial charge in [0.05, 0.1) is 16.2 Å². The highest BCUT2D eigenvalue weighted by molar-refractivity contribution is 6.41. The minimum absolute atomic E-state index is 0.120. The van der Waals surface area contributed by atoms with E-state index in [0.29, 0.717) is 11.3 Å². The summed E-state index contributed by atoms with van der Waals surface area (Å²) in [6, 6.07) is 11.8. The first kappa shape index (κ1) is 16.3. The molecule has 1 aliphatic heterocycles. The first-order valence-electron chi connectivity index (χ1n) is 7.35. The number of anilines is 1. The van der Waals surface area contributed by atoms with Gasteiger partial charge in [-0.25, -0.2) is 4.90 Å². The second-order valence-corrected chi connectivity index (χ2v) is 5.40. The SMILES string of the molecule is CC(=O)N1C(=O)/C(=C\C(=O)c2ccc([N+](=O)[O-])cc2)c2ccccc21. The summed E-state index contributed by atoms with van der Waals surface area (Å²) in [4.78, 5) is 47.8. The summed E-state index contributed by atoms with van der Waals surface area (Å²) < 4.78 is 0. The van der Waals surface area contributed by atoms with Gasteiger partial charge in [-0.3, -0.25) is 24.5 Å². The fraction of sp³-hybridized carbons (Fsp3) is 0.0556. The van der Waals surface area contributed by atoms with Crippen molar-refractivity contribution in [3.8, 4) is 0 Å². The molecule has 0 aliphatic carbocycles. The fourth-order valence-electron chi connectivity index (χ4n) is 2.66. The Bertz CT molecular complexity index is 944. The van der Waals surface area contributed by atoms with Crippen molar-refractivity contribution in [3.63, 3.8) is 0 Å². The van der Waals surface area contributed by atoms with Crippen LogP contribution in [0.3, 0.4) is 0 Å². The fourth-order valence-corrected chi connectivity index (χ4v) is 2.66. The van der Waals surface area contributed by atoms with Gasteiger partial charge in [0.1, 0.15) is 0 Å². The monoisotopic (exact) mass is 336 g/mol. The summed E-state index contributed by atoms with van der Waals surface area (Å²) in [6.45, 7) is 1.27. The zero-order valence-electron chi connectivity index (χ0n) is 13.1. The highest BCUT2D eigenvalue weighted by atomic mass is 16.6. The number of allylic oxidation sites excluding steroid dienone is 1. The van der Waals surface area contributed by atoms with Crippen molar-refractivity contribution in [1.82, 2.24) is 0 Å². The number of amides is 2. The molecule has 0 N–H and O–H groups in total. The molecule has 0 atom stereocenters. The van der Waals surface area contributed by atoms with Crippen LogP contribution in [0.15, 0.2) is 54.6 Å². The third-order valence-corrected chi connectivity index (χ3v) is 3.82. The van der Waals surface area contributed by atoms with Gasteiger partial charge in [-0.15, -0.1) is 0 Å². The molecule has 0 fully saturated rings. The van der Waals surface area contributed by atoms with Gasteiger partial charge in [-0.2, -0.15) is 0 Å². The first-order chi connectivity index (χ1) is 11.9. The molecule has 0 spiro atoms. The Kier molecular flexibility index (Phi) is 3.98. The second kappa shape index (κ2) is 6.12. The van der Waals surface area contributed by atoms with Crippen LogP contribution >= 0.6 is 0 Å². The van der Waals surface area contributed by atoms with Gasteiger partial charge in [0.25, 0.3) is 11.6 Å². The number of imide groups is 1. The van der Waals surface area contributed by atoms with Gasteiger partial charge < -0.3 is 0 Å². The topological polar surface area (TPSA) is 97.6 Å². The van der Waals surface area contributed by atoms with Crippen LogP contribution in [-0.2, 0) is 9.59 Å². The van der Waals surface area contributed by atoms with Crippen LogP contribution in [0.2, 0.25) is 0 Å². The Morgan fingerprint density at radius 2 is 1.72 bits per heavy atom. The van der Waals surface area contributed by atoms with E-state index in [0.717, 1.165) is 11.0 Å². The lowest BCUT2D eigenvalue weighted by Crippen LogP contribution is -2.31. The zero-order valence-corrected chi connectivity index (χ0v) is 13.1. The molecule has 2 aromatic rings. The van der Waals surface area contributed by atoms with Crippen LogP contribution in [0.1, 0.15) is 22.8 Å². The maximum atomic E-state index is 12.5. The summed E-state index contributed by atoms with van der Waals surface area (Å²) >= 11 is 0. The van der Waals surface area contributed by atoms with Crippen LogP contribution in [-0.4, -0.2) is 22.5 Å². The Hall–Kier alpha value is -3.61. The average molecular weight is 336 g/mol. The standard InChI is InChI=1S/C18H12N2O5/c1-11(21)19-16-5-3-2-4-14(16)15(18(19)23)10-17(22)12-6-8-13(9-7-12)20(24)25/h2-10H,1H3/b15-10-. The number of carbonyl (C=O) groups excluding carboxylic acids is 3. The second-order valence-electron chi connectivity index (χ2n) is 5.40. The normalized spacial score (nSPS) is 14.5. The van der Waals surface area contributed by atoms with Gasteiger partial charge in [0.2, 0.25) is 5.91 Å². The number of hydrogen-bond acceptors (Lipinski definition) is 5. The van der Waals surface area contributed by atoms with Crippen molar-refractivity contribution in [2.24, 2.45) is 0 Å². The molecule has 0 radical (unpaired) electrons. The van der Waals surface area contributed by atoms with Gasteiger partial charge in [0, 0.05) is 30.2 Å². The van der Waals surface area contributed by atoms with Gasteiger partial charge >= 0.3 is 0 Å². The maximum Gasteiger partial charge on any atom is 0.269 e. The molecular weight excluding hydrogens is 324 g/mol. The van der Waals surface area contributed by atoms with E-state index in [1.807, 2.05) is 0 Å². The molecule has 2 aromatic carbocycles. The van der Waals surface area contributed by atoms with Crippen LogP contribution in [0.5, 0.6) is 0 Å². The lowest BCUT2D eigenvalue weighted by Gasteiger charge is -2.11. The molecule has 0 bridgehead atoms. The van der Waals surface area contributed by atoms with E-state index in [-0.39, 0.29) is 16.8 Å². The first-order valence-corrected chi connectivity index (χ1v) is 7.35. The highest BCUT2D eigenvalue weighted by Gasteiger charge is 2.35. The third-order valence-electron chi connectivity index (χ3n) is 3.82. The predicted octanol–water partition coefficient (Wildman–Crippen LogP) is 2.75. The molecule has 0 unspecified atom stereocenters. The molecule has 1 heterocycles. The Balaban J connectivity index is 2.00. The van der Waals surface area contributed by atoms with Crippen LogP contribution in [0.4, 0.5) is 11.4 Å². The number of para-hydroxylation sites is 1. The largest absolute Gasteiger partial charge is 0.289 e. The number of hydrogen-bond donors (Lipinski definition) is 0. The van der Waals surface area contributed by atoms with E-state index >= 15 is 0 Å². The summed E-state index contributed by atoms with van der Waals surface area (Å²) in [5.41, 5.74) is 1.13. The van der Waals surface area contributed by atoms with Crippen molar-refractivity contribution >= 4 is 34.5 Å². The Labute approximate surface area is 142 Å². The number of ketones is 1. The molecule has 124 valence electrons. The lowest BCUT2D eigenvalue weighted by atomic mass is 10.0. The molecule has 1 aliphatic rings. The average Bonchev–Trinajstić information content (AvgIpc) is 2.87. The lowest BCUT2D eigenvalue weighted by molar-refractivity contribution is -0.384. The van der Waals surface area contributed by atoms with Crippen molar-refractivity contribution < 1.29 is 19.3 Å². The van der Waals surface area contributed by atoms with E-state index in [1.165, 1.54) is 31.2 Å². The predicted molar refractivity (Wildman–Crippen MR) is 90.0 cm³/mol. The number of benzene rings is 2. The number of nitro groups is 1. The number of carbonyl (C=O) groups is 3. The summed E-state index contributed by atoms with van der Waals surface area (Å²) in [6.07, 6.45) is 1.16. The molecule has 2 amide bonds. The zero-order chi connectivity index (χ0) is 18.1. The Morgan fingerprint density at radius 1 is 1.08 bits per heavy atom. The van der Waals surface area contributed by atoms with Crippen molar-refractivity contribution in [3.05, 3.63) is 75.8 Å². The number of nitrogens with zero attached hydrogens (tertiary/aromatic N) is 2. The van der Waals surface area contributed by atoms with Crippen molar-refractivity contribution in [2.75, 3.05) is 4.90 Å². The van der Waals surface area contributed by atoms with Gasteiger partial charge in [-0.05, 0) is 24.3 Å². The van der Waals surface area contributed by atoms with Crippen molar-refractivity contribution in [2.45, 2.75) is 6.92 Å². The van der Waals surface area contributed by atoms with Crippen LogP contribution < -0.4 is 4.90 Å². The van der Waals surface area contributed by atoms with E-state index in [1.54, 1.807) is 24.3 Å². The van der Waals surface area contributed by atoms with Crippen LogP contribution in [0, 0.1) is 10.1 Å². The molecule has 25 heavy (non-hydrogen) atoms. The van der Waals surface area contributed by atoms with E-state index in [9.17, 15) is 24.5 Å². The number of fused-ring (bicyclic) bond motifs is 1. The minimum atomic E-state index is -0.566. The summed E-state index contributed by atoms with van der Waals surface area (Å²) in [7, 11) is 0. The molecular formula is C18H12N2O5. The number of non-ortho nitro benzene ring substituents is 1. The van der Waals surface area contributed by atoms with E-state index < -0.39 is 22.5 Å². The number of rotatable bonds is 3. The minimum Gasteiger partial charge on any atom is -0.289 e. The van der Waals surface area contributed by atoms with E-state index in [2.05, 4.69) is 0 Å². The van der Waals surface area contributed by atoms with Gasteiger partial charge in [0.15, 0.2) is 5.78 Å². The molecule has 7 nitrogen and oxygen atoms in total. The van der Waals surface area contributed by atoms with Gasteiger partial charge in [-0.1, -0.05) is 18.2 Å². The highest BCUT2D eigenvalue weighted by Crippen LogP contribution is 2.36. The quantitative estimate of drug-likeness (QED) is 0.371.